The van der Waals surface area contributed by atoms with Crippen molar-refractivity contribution >= 4 is 31.6 Å². The van der Waals surface area contributed by atoms with E-state index in [4.69, 9.17) is 4.74 Å². The van der Waals surface area contributed by atoms with Gasteiger partial charge in [-0.1, -0.05) is 12.1 Å². The second-order valence-corrected chi connectivity index (χ2v) is 9.12. The molecule has 2 aromatic carbocycles. The number of halogens is 1. The first-order valence-corrected chi connectivity index (χ1v) is 11.5. The van der Waals surface area contributed by atoms with Crippen LogP contribution in [0.2, 0.25) is 0 Å². The summed E-state index contributed by atoms with van der Waals surface area (Å²) in [7, 11) is -3.72. The van der Waals surface area contributed by atoms with Gasteiger partial charge in [0, 0.05) is 28.6 Å². The van der Waals surface area contributed by atoms with Crippen molar-refractivity contribution in [1.82, 2.24) is 19.5 Å². The molecule has 0 aliphatic rings. The standard InChI is InChI=1S/C21H18BrN5O3S/c1-14-24-20(27-12-11-23-15(27)2)13-21(25-14)30-17-9-7-16(8-10-17)26-31(28,29)19-6-4-3-5-18(19)22/h3-13,26H,1-2H3. The van der Waals surface area contributed by atoms with Gasteiger partial charge in [0.05, 0.1) is 0 Å². The van der Waals surface area contributed by atoms with Crippen molar-refractivity contribution in [2.75, 3.05) is 4.72 Å². The quantitative estimate of drug-likeness (QED) is 0.415. The number of benzene rings is 2. The first-order chi connectivity index (χ1) is 14.8. The van der Waals surface area contributed by atoms with Crippen molar-refractivity contribution in [1.29, 1.82) is 0 Å². The van der Waals surface area contributed by atoms with E-state index in [0.717, 1.165) is 5.82 Å². The Morgan fingerprint density at radius 1 is 1.03 bits per heavy atom. The van der Waals surface area contributed by atoms with Gasteiger partial charge in [0.1, 0.15) is 28.1 Å². The molecular formula is C21H18BrN5O3S. The molecule has 0 aliphatic heterocycles. The van der Waals surface area contributed by atoms with Crippen LogP contribution in [-0.4, -0.2) is 27.9 Å². The maximum absolute atomic E-state index is 12.6. The molecule has 0 spiro atoms. The zero-order valence-corrected chi connectivity index (χ0v) is 19.1. The molecule has 0 saturated carbocycles. The third-order valence-corrected chi connectivity index (χ3v) is 6.72. The van der Waals surface area contributed by atoms with Gasteiger partial charge in [-0.2, -0.15) is 4.98 Å². The summed E-state index contributed by atoms with van der Waals surface area (Å²) in [4.78, 5) is 13.1. The Labute approximate surface area is 188 Å². The highest BCUT2D eigenvalue weighted by atomic mass is 79.9. The fourth-order valence-corrected chi connectivity index (χ4v) is 4.97. The number of ether oxygens (including phenoxy) is 1. The Morgan fingerprint density at radius 3 is 2.45 bits per heavy atom. The predicted octanol–water partition coefficient (Wildman–Crippen LogP) is 4.63. The SMILES string of the molecule is Cc1nc(Oc2ccc(NS(=O)(=O)c3ccccc3Br)cc2)cc(-n2ccnc2C)n1. The van der Waals surface area contributed by atoms with E-state index in [2.05, 4.69) is 35.6 Å². The second kappa shape index (κ2) is 8.48. The van der Waals surface area contributed by atoms with Crippen LogP contribution < -0.4 is 9.46 Å². The largest absolute Gasteiger partial charge is 0.439 e. The Balaban J connectivity index is 1.53. The van der Waals surface area contributed by atoms with Crippen molar-refractivity contribution in [3.63, 3.8) is 0 Å². The molecule has 0 atom stereocenters. The number of hydrogen-bond donors (Lipinski definition) is 1. The highest BCUT2D eigenvalue weighted by Gasteiger charge is 2.17. The van der Waals surface area contributed by atoms with Gasteiger partial charge < -0.3 is 4.74 Å². The zero-order chi connectivity index (χ0) is 22.0. The summed E-state index contributed by atoms with van der Waals surface area (Å²) in [6, 6.07) is 14.9. The molecule has 4 aromatic rings. The molecule has 10 heteroatoms. The summed E-state index contributed by atoms with van der Waals surface area (Å²) in [5, 5.41) is 0. The lowest BCUT2D eigenvalue weighted by Crippen LogP contribution is -2.13. The Hall–Kier alpha value is -3.24. The Morgan fingerprint density at radius 2 is 1.77 bits per heavy atom. The number of nitrogens with one attached hydrogen (secondary N) is 1. The molecule has 158 valence electrons. The second-order valence-electron chi connectivity index (χ2n) is 6.62. The van der Waals surface area contributed by atoms with Crippen molar-refractivity contribution < 1.29 is 13.2 Å². The molecule has 0 bridgehead atoms. The van der Waals surface area contributed by atoms with Gasteiger partial charge in [-0.25, -0.2) is 18.4 Å². The Bertz CT molecular complexity index is 1340. The molecule has 4 rings (SSSR count). The van der Waals surface area contributed by atoms with E-state index < -0.39 is 10.0 Å². The number of hydrogen-bond acceptors (Lipinski definition) is 6. The van der Waals surface area contributed by atoms with Crippen LogP contribution in [0.4, 0.5) is 5.69 Å². The van der Waals surface area contributed by atoms with Crippen LogP contribution in [0.15, 0.2) is 76.4 Å². The molecule has 8 nitrogen and oxygen atoms in total. The van der Waals surface area contributed by atoms with Crippen LogP contribution in [0.5, 0.6) is 11.6 Å². The maximum Gasteiger partial charge on any atom is 0.263 e. The minimum absolute atomic E-state index is 0.161. The average Bonchev–Trinajstić information content (AvgIpc) is 3.15. The molecule has 0 fully saturated rings. The summed E-state index contributed by atoms with van der Waals surface area (Å²) < 4.78 is 36.0. The van der Waals surface area contributed by atoms with Gasteiger partial charge >= 0.3 is 0 Å². The minimum atomic E-state index is -3.72. The highest BCUT2D eigenvalue weighted by Crippen LogP contribution is 2.26. The van der Waals surface area contributed by atoms with Crippen LogP contribution in [-0.2, 0) is 10.0 Å². The molecule has 0 amide bonds. The van der Waals surface area contributed by atoms with Gasteiger partial charge in [0.25, 0.3) is 10.0 Å². The van der Waals surface area contributed by atoms with E-state index >= 15 is 0 Å². The normalized spacial score (nSPS) is 11.3. The van der Waals surface area contributed by atoms with Crippen LogP contribution in [0.25, 0.3) is 5.82 Å². The first-order valence-electron chi connectivity index (χ1n) is 9.23. The number of nitrogens with zero attached hydrogens (tertiary/aromatic N) is 4. The van der Waals surface area contributed by atoms with Gasteiger partial charge in [0.2, 0.25) is 5.88 Å². The molecule has 31 heavy (non-hydrogen) atoms. The average molecular weight is 500 g/mol. The smallest absolute Gasteiger partial charge is 0.263 e. The number of imidazole rings is 1. The van der Waals surface area contributed by atoms with E-state index in [1.54, 1.807) is 61.7 Å². The van der Waals surface area contributed by atoms with Gasteiger partial charge in [0.15, 0.2) is 0 Å². The van der Waals surface area contributed by atoms with Crippen molar-refractivity contribution in [3.8, 4) is 17.4 Å². The number of anilines is 1. The van der Waals surface area contributed by atoms with E-state index in [0.29, 0.717) is 33.4 Å². The van der Waals surface area contributed by atoms with Crippen LogP contribution >= 0.6 is 15.9 Å². The van der Waals surface area contributed by atoms with Crippen LogP contribution in [0.3, 0.4) is 0 Å². The van der Waals surface area contributed by atoms with Crippen molar-refractivity contribution in [2.45, 2.75) is 18.7 Å². The summed E-state index contributed by atoms with van der Waals surface area (Å²) >= 11 is 3.27. The number of rotatable bonds is 6. The minimum Gasteiger partial charge on any atom is -0.439 e. The summed E-state index contributed by atoms with van der Waals surface area (Å²) in [6.07, 6.45) is 3.51. The van der Waals surface area contributed by atoms with E-state index in [1.807, 2.05) is 17.7 Å². The number of sulfonamides is 1. The molecule has 0 aliphatic carbocycles. The van der Waals surface area contributed by atoms with Crippen LogP contribution in [0.1, 0.15) is 11.6 Å². The molecule has 0 radical (unpaired) electrons. The fraction of sp³-hybridized carbons (Fsp3) is 0.0952. The van der Waals surface area contributed by atoms with Crippen LogP contribution in [0, 0.1) is 13.8 Å². The Kier molecular flexibility index (Phi) is 5.75. The van der Waals surface area contributed by atoms with Gasteiger partial charge in [-0.05, 0) is 66.2 Å². The third kappa shape index (κ3) is 4.75. The van der Waals surface area contributed by atoms with Gasteiger partial charge in [-0.3, -0.25) is 9.29 Å². The van der Waals surface area contributed by atoms with Crippen molar-refractivity contribution in [3.05, 3.63) is 83.1 Å². The topological polar surface area (TPSA) is 99.0 Å². The zero-order valence-electron chi connectivity index (χ0n) is 16.7. The summed E-state index contributed by atoms with van der Waals surface area (Å²) in [5.74, 6) is 2.88. The van der Waals surface area contributed by atoms with E-state index in [9.17, 15) is 8.42 Å². The maximum atomic E-state index is 12.6. The fourth-order valence-electron chi connectivity index (χ4n) is 2.91. The van der Waals surface area contributed by atoms with Gasteiger partial charge in [-0.15, -0.1) is 0 Å². The lowest BCUT2D eigenvalue weighted by Gasteiger charge is -2.11. The summed E-state index contributed by atoms with van der Waals surface area (Å²) in [5.41, 5.74) is 0.414. The lowest BCUT2D eigenvalue weighted by atomic mass is 10.3. The summed E-state index contributed by atoms with van der Waals surface area (Å²) in [6.45, 7) is 3.66. The highest BCUT2D eigenvalue weighted by molar-refractivity contribution is 9.10. The molecular weight excluding hydrogens is 482 g/mol. The van der Waals surface area contributed by atoms with Crippen molar-refractivity contribution in [2.24, 2.45) is 0 Å². The lowest BCUT2D eigenvalue weighted by molar-refractivity contribution is 0.459. The molecule has 0 unspecified atom stereocenters. The predicted molar refractivity (Wildman–Crippen MR) is 120 cm³/mol. The molecule has 2 aromatic heterocycles. The number of aryl methyl sites for hydroxylation is 2. The monoisotopic (exact) mass is 499 g/mol. The third-order valence-electron chi connectivity index (χ3n) is 4.33. The first kappa shape index (κ1) is 21.0. The van der Waals surface area contributed by atoms with E-state index in [-0.39, 0.29) is 4.90 Å². The molecule has 1 N–H and O–H groups in total. The molecule has 0 saturated heterocycles. The molecule has 2 heterocycles. The van der Waals surface area contributed by atoms with E-state index in [1.165, 1.54) is 6.07 Å². The number of aromatic nitrogens is 4.